The van der Waals surface area contributed by atoms with Crippen LogP contribution in [0.5, 0.6) is 0 Å². The van der Waals surface area contributed by atoms with Crippen LogP contribution in [0.4, 0.5) is 4.39 Å². The number of carboxylic acids is 1. The van der Waals surface area contributed by atoms with E-state index >= 15 is 0 Å². The number of aliphatic carboxylic acids is 1. The quantitative estimate of drug-likeness (QED) is 0.783. The molecule has 162 valence electrons. The molecule has 0 saturated carbocycles. The van der Waals surface area contributed by atoms with Crippen molar-refractivity contribution >= 4 is 29.4 Å². The number of hydrogen-bond donors (Lipinski definition) is 1. The van der Waals surface area contributed by atoms with Crippen LogP contribution in [0.3, 0.4) is 0 Å². The van der Waals surface area contributed by atoms with Gasteiger partial charge in [0.15, 0.2) is 6.04 Å². The molecule has 0 aliphatic carbocycles. The number of hydrogen-bond acceptors (Lipinski definition) is 4. The summed E-state index contributed by atoms with van der Waals surface area (Å²) < 4.78 is 19.0. The highest BCUT2D eigenvalue weighted by Crippen LogP contribution is 2.38. The summed E-state index contributed by atoms with van der Waals surface area (Å²) in [5.41, 5.74) is -0.438. The normalized spacial score (nSPS) is 20.1. The highest BCUT2D eigenvalue weighted by atomic mass is 35.5. The maximum absolute atomic E-state index is 13.2. The van der Waals surface area contributed by atoms with E-state index in [9.17, 15) is 23.9 Å². The molecule has 0 aromatic heterocycles. The van der Waals surface area contributed by atoms with Crippen LogP contribution < -0.4 is 0 Å². The number of benzene rings is 2. The maximum atomic E-state index is 13.2. The second-order valence-electron chi connectivity index (χ2n) is 7.59. The Morgan fingerprint density at radius 1 is 0.968 bits per heavy atom. The van der Waals surface area contributed by atoms with Gasteiger partial charge in [-0.05, 0) is 48.5 Å². The molecule has 9 heteroatoms. The monoisotopic (exact) mass is 446 g/mol. The lowest BCUT2D eigenvalue weighted by atomic mass is 9.96. The van der Waals surface area contributed by atoms with Gasteiger partial charge in [-0.15, -0.1) is 0 Å². The molecule has 1 atom stereocenters. The van der Waals surface area contributed by atoms with Crippen molar-refractivity contribution < 1.29 is 28.6 Å². The Kier molecular flexibility index (Phi) is 5.68. The van der Waals surface area contributed by atoms with Crippen LogP contribution in [0, 0.1) is 5.82 Å². The van der Waals surface area contributed by atoms with Gasteiger partial charge in [0.2, 0.25) is 0 Å². The summed E-state index contributed by atoms with van der Waals surface area (Å²) in [5, 5.41) is 10.1. The lowest BCUT2D eigenvalue weighted by Crippen LogP contribution is -2.58. The average Bonchev–Trinajstić information content (AvgIpc) is 3.13. The van der Waals surface area contributed by atoms with Crippen molar-refractivity contribution in [1.82, 2.24) is 9.80 Å². The van der Waals surface area contributed by atoms with Gasteiger partial charge in [-0.3, -0.25) is 14.5 Å². The third-order valence-corrected chi connectivity index (χ3v) is 6.03. The van der Waals surface area contributed by atoms with Crippen LogP contribution in [0.25, 0.3) is 0 Å². The fraction of sp³-hybridized carbons (Fsp3) is 0.318. The summed E-state index contributed by atoms with van der Waals surface area (Å²) in [6, 6.07) is 10.4. The van der Waals surface area contributed by atoms with Crippen molar-refractivity contribution in [2.75, 3.05) is 19.7 Å². The first-order valence-electron chi connectivity index (χ1n) is 9.81. The Balaban J connectivity index is 1.55. The van der Waals surface area contributed by atoms with Crippen molar-refractivity contribution in [3.63, 3.8) is 0 Å². The Morgan fingerprint density at radius 3 is 2.10 bits per heavy atom. The summed E-state index contributed by atoms with van der Waals surface area (Å²) in [7, 11) is 0. The molecule has 1 unspecified atom stereocenters. The topological polar surface area (TPSA) is 87.2 Å². The molecule has 2 fully saturated rings. The number of halogens is 2. The molecule has 2 amide bonds. The van der Waals surface area contributed by atoms with E-state index in [1.54, 1.807) is 29.2 Å². The van der Waals surface area contributed by atoms with Crippen LogP contribution in [-0.2, 0) is 9.53 Å². The molecule has 4 rings (SSSR count). The minimum Gasteiger partial charge on any atom is -0.480 e. The van der Waals surface area contributed by atoms with Crippen LogP contribution in [0.15, 0.2) is 48.5 Å². The second kappa shape index (κ2) is 8.28. The van der Waals surface area contributed by atoms with Gasteiger partial charge in [-0.25, -0.2) is 9.18 Å². The second-order valence-corrected chi connectivity index (χ2v) is 8.03. The third kappa shape index (κ3) is 4.00. The standard InChI is InChI=1S/C22H20ClFN2O5/c23-16-5-1-15(2-6-16)20(28)26-18(21(29)30)13-31-22(26)9-11-25(12-10-22)19(27)14-3-7-17(24)8-4-14/h1-8,18H,9-13H2,(H,29,30). The zero-order chi connectivity index (χ0) is 22.2. The highest BCUT2D eigenvalue weighted by molar-refractivity contribution is 6.30. The summed E-state index contributed by atoms with van der Waals surface area (Å²) in [6.45, 7) is 0.417. The predicted molar refractivity (Wildman–Crippen MR) is 109 cm³/mol. The number of ether oxygens (including phenoxy) is 1. The number of likely N-dealkylation sites (tertiary alicyclic amines) is 1. The SMILES string of the molecule is O=C(O)C1COC2(CCN(C(=O)c3ccc(F)cc3)CC2)N1C(=O)c1ccc(Cl)cc1. The minimum atomic E-state index is -1.15. The van der Waals surface area contributed by atoms with Gasteiger partial charge < -0.3 is 14.7 Å². The van der Waals surface area contributed by atoms with Crippen LogP contribution in [0.2, 0.25) is 5.02 Å². The van der Waals surface area contributed by atoms with Gasteiger partial charge in [-0.1, -0.05) is 11.6 Å². The van der Waals surface area contributed by atoms with E-state index < -0.39 is 29.5 Å². The van der Waals surface area contributed by atoms with Crippen molar-refractivity contribution in [3.8, 4) is 0 Å². The molecule has 2 aromatic carbocycles. The largest absolute Gasteiger partial charge is 0.480 e. The molecule has 1 spiro atoms. The number of carboxylic acid groups (broad SMARTS) is 1. The van der Waals surface area contributed by atoms with E-state index in [-0.39, 0.29) is 38.4 Å². The van der Waals surface area contributed by atoms with Crippen molar-refractivity contribution in [2.24, 2.45) is 0 Å². The van der Waals surface area contributed by atoms with E-state index in [0.717, 1.165) is 0 Å². The fourth-order valence-electron chi connectivity index (χ4n) is 4.12. The molecule has 2 aliphatic heterocycles. The molecule has 2 heterocycles. The molecular weight excluding hydrogens is 427 g/mol. The van der Waals surface area contributed by atoms with Gasteiger partial charge in [0.1, 0.15) is 11.5 Å². The predicted octanol–water partition coefficient (Wildman–Crippen LogP) is 3.04. The Labute approximate surface area is 183 Å². The van der Waals surface area contributed by atoms with Crippen molar-refractivity contribution in [1.29, 1.82) is 0 Å². The molecule has 0 radical (unpaired) electrons. The fourth-order valence-corrected chi connectivity index (χ4v) is 4.25. The highest BCUT2D eigenvalue weighted by Gasteiger charge is 2.54. The van der Waals surface area contributed by atoms with E-state index in [0.29, 0.717) is 16.1 Å². The molecule has 2 aromatic rings. The third-order valence-electron chi connectivity index (χ3n) is 5.78. The van der Waals surface area contributed by atoms with E-state index in [1.165, 1.54) is 29.2 Å². The van der Waals surface area contributed by atoms with Gasteiger partial charge in [0, 0.05) is 42.1 Å². The maximum Gasteiger partial charge on any atom is 0.328 e. The summed E-state index contributed by atoms with van der Waals surface area (Å²) in [6.07, 6.45) is 0.534. The molecule has 1 N–H and O–H groups in total. The minimum absolute atomic E-state index is 0.124. The van der Waals surface area contributed by atoms with Gasteiger partial charge in [0.05, 0.1) is 6.61 Å². The molecule has 31 heavy (non-hydrogen) atoms. The van der Waals surface area contributed by atoms with Crippen LogP contribution in [-0.4, -0.2) is 64.2 Å². The molecule has 2 aliphatic rings. The van der Waals surface area contributed by atoms with Gasteiger partial charge in [0.25, 0.3) is 11.8 Å². The van der Waals surface area contributed by atoms with Crippen LogP contribution in [0.1, 0.15) is 33.6 Å². The van der Waals surface area contributed by atoms with Crippen LogP contribution >= 0.6 is 11.6 Å². The molecule has 0 bridgehead atoms. The van der Waals surface area contributed by atoms with Crippen molar-refractivity contribution in [2.45, 2.75) is 24.6 Å². The van der Waals surface area contributed by atoms with E-state index in [4.69, 9.17) is 16.3 Å². The number of piperidine rings is 1. The zero-order valence-electron chi connectivity index (χ0n) is 16.5. The summed E-state index contributed by atoms with van der Waals surface area (Å²) in [5.74, 6) is -2.29. The summed E-state index contributed by atoms with van der Waals surface area (Å²) >= 11 is 5.90. The number of rotatable bonds is 3. The number of carbonyl (C=O) groups is 3. The Bertz CT molecular complexity index is 1000. The Morgan fingerprint density at radius 2 is 1.52 bits per heavy atom. The lowest BCUT2D eigenvalue weighted by molar-refractivity contribution is -0.143. The summed E-state index contributed by atoms with van der Waals surface area (Å²) in [4.78, 5) is 40.7. The molecular formula is C22H20ClFN2O5. The number of carbonyl (C=O) groups excluding carboxylic acids is 2. The smallest absolute Gasteiger partial charge is 0.328 e. The number of nitrogens with zero attached hydrogens (tertiary/aromatic N) is 2. The Hall–Kier alpha value is -2.97. The number of amides is 2. The van der Waals surface area contributed by atoms with E-state index in [1.807, 2.05) is 0 Å². The average molecular weight is 447 g/mol. The van der Waals surface area contributed by atoms with Gasteiger partial charge >= 0.3 is 5.97 Å². The lowest BCUT2D eigenvalue weighted by Gasteiger charge is -2.44. The van der Waals surface area contributed by atoms with Gasteiger partial charge in [-0.2, -0.15) is 0 Å². The first kappa shape index (κ1) is 21.3. The first-order valence-corrected chi connectivity index (χ1v) is 10.2. The van der Waals surface area contributed by atoms with E-state index in [2.05, 4.69) is 0 Å². The van der Waals surface area contributed by atoms with Crippen molar-refractivity contribution in [3.05, 3.63) is 70.5 Å². The first-order chi connectivity index (χ1) is 14.8. The zero-order valence-corrected chi connectivity index (χ0v) is 17.2. The molecule has 7 nitrogen and oxygen atoms in total. The molecule has 2 saturated heterocycles.